The van der Waals surface area contributed by atoms with E-state index in [2.05, 4.69) is 10.1 Å². The number of thiophene rings is 1. The van der Waals surface area contributed by atoms with Gasteiger partial charge in [-0.25, -0.2) is 18.1 Å². The van der Waals surface area contributed by atoms with Crippen molar-refractivity contribution in [1.29, 1.82) is 0 Å². The molecule has 0 spiro atoms. The van der Waals surface area contributed by atoms with Gasteiger partial charge in [-0.1, -0.05) is 36.4 Å². The maximum atomic E-state index is 12.7. The minimum atomic E-state index is -3.40. The number of aromatic nitrogens is 3. The smallest absolute Gasteiger partial charge is 0.245 e. The first kappa shape index (κ1) is 16.4. The molecule has 8 heteroatoms. The van der Waals surface area contributed by atoms with Crippen LogP contribution in [0.1, 0.15) is 18.3 Å². The van der Waals surface area contributed by atoms with Crippen LogP contribution in [0.2, 0.25) is 0 Å². The third kappa shape index (κ3) is 3.01. The third-order valence-electron chi connectivity index (χ3n) is 4.39. The molecule has 130 valence electrons. The third-order valence-corrected chi connectivity index (χ3v) is 7.63. The number of rotatable bonds is 4. The van der Waals surface area contributed by atoms with Gasteiger partial charge in [-0.3, -0.25) is 0 Å². The van der Waals surface area contributed by atoms with E-state index in [4.69, 9.17) is 0 Å². The van der Waals surface area contributed by atoms with Crippen LogP contribution < -0.4 is 0 Å². The Morgan fingerprint density at radius 2 is 1.96 bits per heavy atom. The van der Waals surface area contributed by atoms with E-state index >= 15 is 0 Å². The molecule has 25 heavy (non-hydrogen) atoms. The lowest BCUT2D eigenvalue weighted by atomic mass is 10.2. The molecule has 1 aliphatic heterocycles. The van der Waals surface area contributed by atoms with Crippen molar-refractivity contribution in [3.05, 3.63) is 53.7 Å². The second-order valence-corrected chi connectivity index (χ2v) is 9.14. The van der Waals surface area contributed by atoms with Gasteiger partial charge in [0.15, 0.2) is 5.82 Å². The van der Waals surface area contributed by atoms with Gasteiger partial charge >= 0.3 is 0 Å². The summed E-state index contributed by atoms with van der Waals surface area (Å²) in [7, 11) is -3.40. The first-order valence-electron chi connectivity index (χ1n) is 8.08. The summed E-state index contributed by atoms with van der Waals surface area (Å²) in [5, 5.41) is 6.41. The minimum Gasteiger partial charge on any atom is -0.245 e. The van der Waals surface area contributed by atoms with Crippen LogP contribution in [0.5, 0.6) is 0 Å². The van der Waals surface area contributed by atoms with E-state index in [1.807, 2.05) is 41.9 Å². The Balaban J connectivity index is 1.58. The van der Waals surface area contributed by atoms with Crippen molar-refractivity contribution in [2.75, 3.05) is 13.1 Å². The predicted molar refractivity (Wildman–Crippen MR) is 96.9 cm³/mol. The number of hydrogen-bond acceptors (Lipinski definition) is 5. The van der Waals surface area contributed by atoms with E-state index in [0.29, 0.717) is 23.1 Å². The Kier molecular flexibility index (Phi) is 4.18. The molecule has 1 aromatic carbocycles. The summed E-state index contributed by atoms with van der Waals surface area (Å²) < 4.78 is 29.2. The zero-order valence-electron chi connectivity index (χ0n) is 13.7. The summed E-state index contributed by atoms with van der Waals surface area (Å²) in [6.45, 7) is 2.85. The molecule has 3 aromatic rings. The molecule has 0 saturated carbocycles. The second kappa shape index (κ2) is 6.36. The molecule has 0 radical (unpaired) electrons. The van der Waals surface area contributed by atoms with Gasteiger partial charge in [-0.2, -0.15) is 9.40 Å². The molecular weight excluding hydrogens is 356 g/mol. The largest absolute Gasteiger partial charge is 0.252 e. The molecule has 0 bridgehead atoms. The van der Waals surface area contributed by atoms with Crippen LogP contribution in [0.3, 0.4) is 0 Å². The van der Waals surface area contributed by atoms with Crippen LogP contribution in [0.15, 0.2) is 52.1 Å². The molecule has 1 atom stereocenters. The highest BCUT2D eigenvalue weighted by molar-refractivity contribution is 7.91. The highest BCUT2D eigenvalue weighted by Crippen LogP contribution is 2.30. The van der Waals surface area contributed by atoms with Crippen LogP contribution in [-0.4, -0.2) is 40.6 Å². The average molecular weight is 374 g/mol. The van der Waals surface area contributed by atoms with Gasteiger partial charge in [-0.05, 0) is 24.8 Å². The predicted octanol–water partition coefficient (Wildman–Crippen LogP) is 2.95. The number of nitrogens with zero attached hydrogens (tertiary/aromatic N) is 4. The van der Waals surface area contributed by atoms with Crippen molar-refractivity contribution in [2.45, 2.75) is 23.6 Å². The van der Waals surface area contributed by atoms with Crippen LogP contribution in [0.25, 0.3) is 11.4 Å². The summed E-state index contributed by atoms with van der Waals surface area (Å²) in [6, 6.07) is 13.2. The Hall–Kier alpha value is -2.03. The van der Waals surface area contributed by atoms with Gasteiger partial charge in [0.1, 0.15) is 10.0 Å². The van der Waals surface area contributed by atoms with Gasteiger partial charge in [0.05, 0.1) is 6.04 Å². The van der Waals surface area contributed by atoms with Gasteiger partial charge in [0.25, 0.3) is 10.0 Å². The van der Waals surface area contributed by atoms with Gasteiger partial charge < -0.3 is 0 Å². The number of benzene rings is 1. The van der Waals surface area contributed by atoms with Crippen molar-refractivity contribution < 1.29 is 8.42 Å². The first-order chi connectivity index (χ1) is 12.1. The maximum absolute atomic E-state index is 12.7. The van der Waals surface area contributed by atoms with Crippen molar-refractivity contribution in [2.24, 2.45) is 0 Å². The number of sulfonamides is 1. The summed E-state index contributed by atoms with van der Waals surface area (Å²) in [4.78, 5) is 4.55. The van der Waals surface area contributed by atoms with E-state index in [0.717, 1.165) is 17.8 Å². The summed E-state index contributed by atoms with van der Waals surface area (Å²) >= 11 is 1.25. The maximum Gasteiger partial charge on any atom is 0.252 e. The summed E-state index contributed by atoms with van der Waals surface area (Å²) in [6.07, 6.45) is 0.739. The van der Waals surface area contributed by atoms with Gasteiger partial charge in [-0.15, -0.1) is 11.3 Å². The van der Waals surface area contributed by atoms with E-state index in [1.165, 1.54) is 11.3 Å². The fourth-order valence-electron chi connectivity index (χ4n) is 3.12. The zero-order chi connectivity index (χ0) is 17.4. The van der Waals surface area contributed by atoms with Gasteiger partial charge in [0.2, 0.25) is 0 Å². The van der Waals surface area contributed by atoms with Crippen LogP contribution in [-0.2, 0) is 10.0 Å². The molecule has 4 rings (SSSR count). The van der Waals surface area contributed by atoms with Gasteiger partial charge in [0, 0.05) is 18.7 Å². The van der Waals surface area contributed by atoms with Crippen molar-refractivity contribution >= 4 is 21.4 Å². The van der Waals surface area contributed by atoms with Crippen LogP contribution >= 0.6 is 11.3 Å². The number of hydrogen-bond donors (Lipinski definition) is 0. The Morgan fingerprint density at radius 1 is 1.16 bits per heavy atom. The van der Waals surface area contributed by atoms with Crippen LogP contribution in [0, 0.1) is 6.92 Å². The van der Waals surface area contributed by atoms with Crippen LogP contribution in [0.4, 0.5) is 0 Å². The molecule has 1 fully saturated rings. The lowest BCUT2D eigenvalue weighted by Gasteiger charge is -2.16. The molecule has 0 N–H and O–H groups in total. The summed E-state index contributed by atoms with van der Waals surface area (Å²) in [5.41, 5.74) is 0.963. The molecular formula is C17H18N4O2S2. The zero-order valence-corrected chi connectivity index (χ0v) is 15.4. The van der Waals surface area contributed by atoms with Crippen molar-refractivity contribution in [1.82, 2.24) is 19.1 Å². The summed E-state index contributed by atoms with van der Waals surface area (Å²) in [5.74, 6) is 1.48. The van der Waals surface area contributed by atoms with Crippen molar-refractivity contribution in [3.8, 4) is 11.4 Å². The Bertz CT molecular complexity index is 966. The standard InChI is InChI=1S/C17H18N4O2S2/c1-13-18-17(14-6-3-2-4-7-14)19-21(13)15-9-10-20(12-15)25(22,23)16-8-5-11-24-16/h2-8,11,15H,9-10,12H2,1H3. The van der Waals surface area contributed by atoms with Crippen molar-refractivity contribution in [3.63, 3.8) is 0 Å². The quantitative estimate of drug-likeness (QED) is 0.704. The molecule has 3 heterocycles. The van der Waals surface area contributed by atoms with E-state index in [1.54, 1.807) is 21.8 Å². The second-order valence-electron chi connectivity index (χ2n) is 6.03. The Morgan fingerprint density at radius 3 is 2.68 bits per heavy atom. The first-order valence-corrected chi connectivity index (χ1v) is 10.4. The molecule has 1 saturated heterocycles. The topological polar surface area (TPSA) is 68.1 Å². The van der Waals surface area contributed by atoms with E-state index < -0.39 is 10.0 Å². The lowest BCUT2D eigenvalue weighted by molar-refractivity contribution is 0.429. The number of aryl methyl sites for hydroxylation is 1. The molecule has 0 amide bonds. The molecule has 1 aliphatic rings. The van der Waals surface area contributed by atoms with E-state index in [-0.39, 0.29) is 6.04 Å². The van der Waals surface area contributed by atoms with E-state index in [9.17, 15) is 8.42 Å². The SMILES string of the molecule is Cc1nc(-c2ccccc2)nn1C1CCN(S(=O)(=O)c2cccs2)C1. The molecule has 0 aliphatic carbocycles. The molecule has 1 unspecified atom stereocenters. The lowest BCUT2D eigenvalue weighted by Crippen LogP contribution is -2.29. The fourth-order valence-corrected chi connectivity index (χ4v) is 5.76. The fraction of sp³-hybridized carbons (Fsp3) is 0.294. The minimum absolute atomic E-state index is 0.0136. The monoisotopic (exact) mass is 374 g/mol. The normalized spacial score (nSPS) is 18.7. The Labute approximate surface area is 150 Å². The average Bonchev–Trinajstić information content (AvgIpc) is 3.36. The highest BCUT2D eigenvalue weighted by Gasteiger charge is 2.35. The highest BCUT2D eigenvalue weighted by atomic mass is 32.2. The molecule has 2 aromatic heterocycles. The molecule has 6 nitrogen and oxygen atoms in total.